The highest BCUT2D eigenvalue weighted by atomic mass is 16.5. The number of H-pyrrole nitrogens is 1. The summed E-state index contributed by atoms with van der Waals surface area (Å²) in [6.45, 7) is 1.47. The van der Waals surface area contributed by atoms with Crippen LogP contribution in [0.4, 0.5) is 0 Å². The van der Waals surface area contributed by atoms with Gasteiger partial charge in [0.1, 0.15) is 5.78 Å². The van der Waals surface area contributed by atoms with Crippen LogP contribution >= 0.6 is 0 Å². The maximum Gasteiger partial charge on any atom is 0.262 e. The van der Waals surface area contributed by atoms with Crippen molar-refractivity contribution in [1.29, 1.82) is 0 Å². The van der Waals surface area contributed by atoms with Gasteiger partial charge in [-0.25, -0.2) is 0 Å². The first kappa shape index (κ1) is 22.9. The molecule has 0 saturated heterocycles. The molecule has 1 unspecified atom stereocenters. The predicted octanol–water partition coefficient (Wildman–Crippen LogP) is 5.33. The van der Waals surface area contributed by atoms with Crippen LogP contribution in [-0.2, 0) is 4.79 Å². The van der Waals surface area contributed by atoms with Crippen LogP contribution in [0.25, 0.3) is 11.1 Å². The summed E-state index contributed by atoms with van der Waals surface area (Å²) >= 11 is 0. The lowest BCUT2D eigenvalue weighted by Crippen LogP contribution is -2.35. The summed E-state index contributed by atoms with van der Waals surface area (Å²) in [7, 11) is 1.58. The van der Waals surface area contributed by atoms with Crippen LogP contribution in [0.5, 0.6) is 11.5 Å². The molecule has 1 atom stereocenters. The number of ether oxygens (including phenoxy) is 2. The molecule has 1 N–H and O–H groups in total. The normalized spacial score (nSPS) is 16.5. The lowest BCUT2D eigenvalue weighted by molar-refractivity contribution is -0.117. The standard InChI is InChI=1S/C28H28N2O5/c1-17(31)14-23(18-10-11-24(34-2)25(15-18)35-20-6-3-4-7-20)30-27(32)22-9-5-8-21(26(22)28(30)33)19-12-13-29-16-19/h5,8-13,15-16,20,23,29H,3-4,6-7,14H2,1-2H3. The Morgan fingerprint density at radius 1 is 1.06 bits per heavy atom. The van der Waals surface area contributed by atoms with Crippen LogP contribution in [0.15, 0.2) is 54.9 Å². The van der Waals surface area contributed by atoms with Crippen molar-refractivity contribution >= 4 is 17.6 Å². The van der Waals surface area contributed by atoms with Gasteiger partial charge in [-0.05, 0) is 73.6 Å². The number of nitrogens with zero attached hydrogens (tertiary/aromatic N) is 1. The molecule has 0 bridgehead atoms. The summed E-state index contributed by atoms with van der Waals surface area (Å²) in [5.41, 5.74) is 2.88. The maximum atomic E-state index is 13.7. The number of carbonyl (C=O) groups is 3. The van der Waals surface area contributed by atoms with Crippen molar-refractivity contribution in [1.82, 2.24) is 9.88 Å². The van der Waals surface area contributed by atoms with Gasteiger partial charge in [0.2, 0.25) is 0 Å². The molecular formula is C28H28N2O5. The van der Waals surface area contributed by atoms with Crippen molar-refractivity contribution in [2.45, 2.75) is 51.2 Å². The summed E-state index contributed by atoms with van der Waals surface area (Å²) in [4.78, 5) is 43.8. The predicted molar refractivity (Wildman–Crippen MR) is 131 cm³/mol. The first-order valence-electron chi connectivity index (χ1n) is 12.0. The Bertz CT molecular complexity index is 1270. The lowest BCUT2D eigenvalue weighted by atomic mass is 9.98. The van der Waals surface area contributed by atoms with Gasteiger partial charge >= 0.3 is 0 Å². The number of ketones is 1. The SMILES string of the molecule is COc1ccc(C(CC(C)=O)N2C(=O)c3cccc(-c4cc[nH]c4)c3C2=O)cc1OC1CCCC1. The van der Waals surface area contributed by atoms with Crippen molar-refractivity contribution in [3.8, 4) is 22.6 Å². The van der Waals surface area contributed by atoms with E-state index in [-0.39, 0.29) is 18.3 Å². The van der Waals surface area contributed by atoms with Crippen molar-refractivity contribution in [2.24, 2.45) is 0 Å². The van der Waals surface area contributed by atoms with E-state index in [2.05, 4.69) is 4.98 Å². The average Bonchev–Trinajstić information content (AvgIpc) is 3.61. The molecule has 2 amide bonds. The fraction of sp³-hybridized carbons (Fsp3) is 0.321. The van der Waals surface area contributed by atoms with Gasteiger partial charge in [-0.15, -0.1) is 0 Å². The van der Waals surface area contributed by atoms with Crippen LogP contribution in [0, 0.1) is 0 Å². The second-order valence-corrected chi connectivity index (χ2v) is 9.16. The topological polar surface area (TPSA) is 88.7 Å². The van der Waals surface area contributed by atoms with E-state index in [1.54, 1.807) is 49.8 Å². The molecule has 35 heavy (non-hydrogen) atoms. The van der Waals surface area contributed by atoms with Crippen molar-refractivity contribution in [3.63, 3.8) is 0 Å². The van der Waals surface area contributed by atoms with Crippen LogP contribution in [0.2, 0.25) is 0 Å². The van der Waals surface area contributed by atoms with Gasteiger partial charge in [-0.2, -0.15) is 0 Å². The summed E-state index contributed by atoms with van der Waals surface area (Å²) in [5, 5.41) is 0. The number of imide groups is 1. The summed E-state index contributed by atoms with van der Waals surface area (Å²) in [6, 6.07) is 11.8. The minimum atomic E-state index is -0.754. The number of rotatable bonds is 8. The van der Waals surface area contributed by atoms with Gasteiger partial charge < -0.3 is 14.5 Å². The highest BCUT2D eigenvalue weighted by Gasteiger charge is 2.42. The average molecular weight is 473 g/mol. The Balaban J connectivity index is 1.55. The first-order chi connectivity index (χ1) is 17.0. The largest absolute Gasteiger partial charge is 0.493 e. The van der Waals surface area contributed by atoms with Gasteiger partial charge in [0.05, 0.1) is 30.4 Å². The van der Waals surface area contributed by atoms with Crippen molar-refractivity contribution < 1.29 is 23.9 Å². The highest BCUT2D eigenvalue weighted by Crippen LogP contribution is 2.41. The molecule has 2 heterocycles. The number of fused-ring (bicyclic) bond motifs is 1. The number of benzene rings is 2. The number of aromatic amines is 1. The minimum Gasteiger partial charge on any atom is -0.493 e. The monoisotopic (exact) mass is 472 g/mol. The summed E-state index contributed by atoms with van der Waals surface area (Å²) in [6.07, 6.45) is 7.88. The molecule has 1 saturated carbocycles. The Morgan fingerprint density at radius 3 is 2.51 bits per heavy atom. The third-order valence-electron chi connectivity index (χ3n) is 6.82. The van der Waals surface area contributed by atoms with Crippen LogP contribution in [-0.4, -0.2) is 40.7 Å². The third-order valence-corrected chi connectivity index (χ3v) is 6.82. The third kappa shape index (κ3) is 4.22. The Kier molecular flexibility index (Phi) is 6.16. The molecule has 0 spiro atoms. The number of carbonyl (C=O) groups excluding carboxylic acids is 3. The van der Waals surface area contributed by atoms with Crippen LogP contribution < -0.4 is 9.47 Å². The molecule has 0 radical (unpaired) electrons. The molecule has 7 nitrogen and oxygen atoms in total. The Labute approximate surface area is 204 Å². The molecular weight excluding hydrogens is 444 g/mol. The van der Waals surface area contributed by atoms with Gasteiger partial charge in [0.15, 0.2) is 11.5 Å². The fourth-order valence-electron chi connectivity index (χ4n) is 5.13. The van der Waals surface area contributed by atoms with E-state index in [1.165, 1.54) is 11.8 Å². The van der Waals surface area contributed by atoms with E-state index in [4.69, 9.17) is 9.47 Å². The fourth-order valence-corrected chi connectivity index (χ4v) is 5.13. The van der Waals surface area contributed by atoms with E-state index >= 15 is 0 Å². The molecule has 2 aromatic carbocycles. The van der Waals surface area contributed by atoms with E-state index in [0.29, 0.717) is 33.8 Å². The lowest BCUT2D eigenvalue weighted by Gasteiger charge is -2.27. The number of Topliss-reactive ketones (excluding diaryl/α,β-unsaturated/α-hetero) is 1. The molecule has 2 aliphatic rings. The van der Waals surface area contributed by atoms with Crippen molar-refractivity contribution in [2.75, 3.05) is 7.11 Å². The number of hydrogen-bond donors (Lipinski definition) is 1. The molecule has 7 heteroatoms. The molecule has 3 aromatic rings. The Morgan fingerprint density at radius 2 is 1.83 bits per heavy atom. The van der Waals surface area contributed by atoms with Gasteiger partial charge in [0.25, 0.3) is 11.8 Å². The number of amides is 2. The van der Waals surface area contributed by atoms with Crippen molar-refractivity contribution in [3.05, 3.63) is 71.5 Å². The van der Waals surface area contributed by atoms with Gasteiger partial charge in [-0.3, -0.25) is 19.3 Å². The molecule has 1 aromatic heterocycles. The second kappa shape index (κ2) is 9.41. The summed E-state index contributed by atoms with van der Waals surface area (Å²) < 4.78 is 11.7. The zero-order chi connectivity index (χ0) is 24.5. The molecule has 1 aliphatic heterocycles. The molecule has 1 aliphatic carbocycles. The second-order valence-electron chi connectivity index (χ2n) is 9.16. The Hall–Kier alpha value is -3.87. The van der Waals surface area contributed by atoms with Crippen LogP contribution in [0.3, 0.4) is 0 Å². The quantitative estimate of drug-likeness (QED) is 0.448. The summed E-state index contributed by atoms with van der Waals surface area (Å²) in [5.74, 6) is 0.228. The number of hydrogen-bond acceptors (Lipinski definition) is 5. The number of aromatic nitrogens is 1. The number of methoxy groups -OCH3 is 1. The van der Waals surface area contributed by atoms with E-state index in [0.717, 1.165) is 31.2 Å². The highest BCUT2D eigenvalue weighted by molar-refractivity contribution is 6.24. The zero-order valence-corrected chi connectivity index (χ0v) is 19.9. The molecule has 1 fully saturated rings. The zero-order valence-electron chi connectivity index (χ0n) is 19.9. The van der Waals surface area contributed by atoms with Gasteiger partial charge in [-0.1, -0.05) is 18.2 Å². The van der Waals surface area contributed by atoms with E-state index in [1.807, 2.05) is 12.1 Å². The van der Waals surface area contributed by atoms with Gasteiger partial charge in [0, 0.05) is 18.8 Å². The molecule has 180 valence electrons. The first-order valence-corrected chi connectivity index (χ1v) is 12.0. The molecule has 5 rings (SSSR count). The maximum absolute atomic E-state index is 13.7. The van der Waals surface area contributed by atoms with Crippen LogP contribution in [0.1, 0.15) is 71.3 Å². The smallest absolute Gasteiger partial charge is 0.262 e. The van der Waals surface area contributed by atoms with E-state index in [9.17, 15) is 14.4 Å². The number of nitrogens with one attached hydrogen (secondary N) is 1. The minimum absolute atomic E-state index is 0.0140. The van der Waals surface area contributed by atoms with E-state index < -0.39 is 17.9 Å².